The zero-order valence-corrected chi connectivity index (χ0v) is 16.2. The second kappa shape index (κ2) is 7.04. The predicted octanol–water partition coefficient (Wildman–Crippen LogP) is 4.02. The number of aryl methyl sites for hydroxylation is 2. The van der Waals surface area contributed by atoms with E-state index in [4.69, 9.17) is 16.3 Å². The van der Waals surface area contributed by atoms with Gasteiger partial charge in [-0.3, -0.25) is 9.08 Å². The van der Waals surface area contributed by atoms with E-state index < -0.39 is 0 Å². The summed E-state index contributed by atoms with van der Waals surface area (Å²) in [6, 6.07) is 9.65. The van der Waals surface area contributed by atoms with Crippen LogP contribution in [0.1, 0.15) is 17.0 Å². The lowest BCUT2D eigenvalue weighted by molar-refractivity contribution is 0.322. The third-order valence-corrected chi connectivity index (χ3v) is 5.05. The highest BCUT2D eigenvalue weighted by Gasteiger charge is 2.12. The van der Waals surface area contributed by atoms with E-state index in [1.807, 2.05) is 59.6 Å². The lowest BCUT2D eigenvalue weighted by Crippen LogP contribution is -2.04. The average molecular weight is 382 g/mol. The van der Waals surface area contributed by atoms with Gasteiger partial charge in [-0.05, 0) is 49.7 Å². The molecule has 0 spiro atoms. The van der Waals surface area contributed by atoms with E-state index in [1.54, 1.807) is 6.33 Å². The van der Waals surface area contributed by atoms with Gasteiger partial charge in [0.15, 0.2) is 5.65 Å². The first-order valence-corrected chi connectivity index (χ1v) is 9.12. The molecule has 0 aliphatic rings. The summed E-state index contributed by atoms with van der Waals surface area (Å²) in [4.78, 5) is 0. The number of nitrogens with zero attached hydrogens (tertiary/aromatic N) is 5. The molecular formula is C20H20ClN5O. The third kappa shape index (κ3) is 3.40. The summed E-state index contributed by atoms with van der Waals surface area (Å²) in [5.41, 5.74) is 6.24. The van der Waals surface area contributed by atoms with Crippen molar-refractivity contribution in [2.75, 3.05) is 6.61 Å². The van der Waals surface area contributed by atoms with Gasteiger partial charge < -0.3 is 4.74 Å². The lowest BCUT2D eigenvalue weighted by atomic mass is 10.1. The fourth-order valence-electron chi connectivity index (χ4n) is 3.28. The Balaban J connectivity index is 1.59. The fraction of sp³-hybridized carbons (Fsp3) is 0.250. The molecule has 0 amide bonds. The van der Waals surface area contributed by atoms with E-state index in [0.717, 1.165) is 34.6 Å². The Morgan fingerprint density at radius 1 is 1.15 bits per heavy atom. The molecule has 4 aromatic rings. The highest BCUT2D eigenvalue weighted by atomic mass is 35.5. The zero-order valence-electron chi connectivity index (χ0n) is 15.5. The van der Waals surface area contributed by atoms with Gasteiger partial charge in [-0.25, -0.2) is 0 Å². The van der Waals surface area contributed by atoms with Crippen molar-refractivity contribution in [3.05, 3.63) is 64.8 Å². The Hall–Kier alpha value is -2.86. The van der Waals surface area contributed by atoms with Gasteiger partial charge in [0, 0.05) is 41.5 Å². The van der Waals surface area contributed by atoms with Crippen LogP contribution in [0.25, 0.3) is 16.8 Å². The van der Waals surface area contributed by atoms with E-state index in [0.29, 0.717) is 11.6 Å². The highest BCUT2D eigenvalue weighted by molar-refractivity contribution is 6.30. The molecule has 0 N–H and O–H groups in total. The summed E-state index contributed by atoms with van der Waals surface area (Å²) in [6.07, 6.45) is 4.46. The van der Waals surface area contributed by atoms with E-state index >= 15 is 0 Å². The van der Waals surface area contributed by atoms with Gasteiger partial charge in [-0.2, -0.15) is 5.10 Å². The normalized spacial score (nSPS) is 11.3. The molecule has 3 aromatic heterocycles. The van der Waals surface area contributed by atoms with Crippen LogP contribution in [0.15, 0.2) is 42.9 Å². The first-order valence-electron chi connectivity index (χ1n) is 8.74. The summed E-state index contributed by atoms with van der Waals surface area (Å²) < 4.78 is 9.92. The molecule has 3 heterocycles. The Labute approximate surface area is 162 Å². The van der Waals surface area contributed by atoms with Gasteiger partial charge in [-0.15, -0.1) is 10.2 Å². The number of fused-ring (bicyclic) bond motifs is 1. The van der Waals surface area contributed by atoms with Gasteiger partial charge in [0.2, 0.25) is 0 Å². The summed E-state index contributed by atoms with van der Waals surface area (Å²) in [5.74, 6) is 0.758. The number of hydrogen-bond acceptors (Lipinski definition) is 4. The van der Waals surface area contributed by atoms with Crippen LogP contribution in [0.4, 0.5) is 0 Å². The van der Waals surface area contributed by atoms with Crippen LogP contribution in [0.2, 0.25) is 5.02 Å². The molecule has 27 heavy (non-hydrogen) atoms. The molecular weight excluding hydrogens is 362 g/mol. The molecule has 1 aromatic carbocycles. The van der Waals surface area contributed by atoms with Crippen LogP contribution in [0.3, 0.4) is 0 Å². The predicted molar refractivity (Wildman–Crippen MR) is 105 cm³/mol. The SMILES string of the molecule is Cc1nn(C)c(C)c1CCOc1cc(Cl)ccc1-c1ccc2nncn2c1. The second-order valence-electron chi connectivity index (χ2n) is 6.53. The van der Waals surface area contributed by atoms with E-state index in [2.05, 4.69) is 22.2 Å². The molecule has 4 rings (SSSR count). The number of halogens is 1. The largest absolute Gasteiger partial charge is 0.493 e. The number of ether oxygens (including phenoxy) is 1. The number of benzene rings is 1. The van der Waals surface area contributed by atoms with Gasteiger partial charge in [0.25, 0.3) is 0 Å². The molecule has 138 valence electrons. The van der Waals surface area contributed by atoms with Gasteiger partial charge in [0.05, 0.1) is 12.3 Å². The zero-order chi connectivity index (χ0) is 19.0. The van der Waals surface area contributed by atoms with Crippen molar-refractivity contribution < 1.29 is 4.74 Å². The lowest BCUT2D eigenvalue weighted by Gasteiger charge is -2.13. The first-order chi connectivity index (χ1) is 13.0. The maximum atomic E-state index is 6.21. The molecule has 0 aliphatic heterocycles. The molecule has 0 bridgehead atoms. The quantitative estimate of drug-likeness (QED) is 0.524. The Kier molecular flexibility index (Phi) is 4.58. The Morgan fingerprint density at radius 3 is 2.78 bits per heavy atom. The maximum Gasteiger partial charge on any atom is 0.160 e. The molecule has 0 fully saturated rings. The molecule has 0 atom stereocenters. The molecule has 0 aliphatic carbocycles. The number of pyridine rings is 1. The van der Waals surface area contributed by atoms with Crippen molar-refractivity contribution in [1.29, 1.82) is 0 Å². The fourth-order valence-corrected chi connectivity index (χ4v) is 3.45. The van der Waals surface area contributed by atoms with Gasteiger partial charge >= 0.3 is 0 Å². The smallest absolute Gasteiger partial charge is 0.160 e. The molecule has 0 saturated heterocycles. The van der Waals surface area contributed by atoms with Gasteiger partial charge in [-0.1, -0.05) is 11.6 Å². The first kappa shape index (κ1) is 17.5. The van der Waals surface area contributed by atoms with E-state index in [-0.39, 0.29) is 0 Å². The average Bonchev–Trinajstić information content (AvgIpc) is 3.20. The highest BCUT2D eigenvalue weighted by Crippen LogP contribution is 2.33. The topological polar surface area (TPSA) is 57.2 Å². The van der Waals surface area contributed by atoms with Crippen LogP contribution >= 0.6 is 11.6 Å². The van der Waals surface area contributed by atoms with Gasteiger partial charge in [0.1, 0.15) is 12.1 Å². The minimum Gasteiger partial charge on any atom is -0.493 e. The van der Waals surface area contributed by atoms with Crippen LogP contribution in [-0.4, -0.2) is 31.0 Å². The van der Waals surface area contributed by atoms with Crippen molar-refractivity contribution in [3.63, 3.8) is 0 Å². The molecule has 6 nitrogen and oxygen atoms in total. The molecule has 7 heteroatoms. The van der Waals surface area contributed by atoms with E-state index in [1.165, 1.54) is 11.3 Å². The van der Waals surface area contributed by atoms with Crippen molar-refractivity contribution in [2.24, 2.45) is 7.05 Å². The van der Waals surface area contributed by atoms with Crippen LogP contribution in [-0.2, 0) is 13.5 Å². The molecule has 0 saturated carbocycles. The minimum atomic E-state index is 0.551. The Bertz CT molecular complexity index is 1110. The minimum absolute atomic E-state index is 0.551. The number of rotatable bonds is 5. The number of aromatic nitrogens is 5. The van der Waals surface area contributed by atoms with Crippen LogP contribution < -0.4 is 4.74 Å². The van der Waals surface area contributed by atoms with E-state index in [9.17, 15) is 0 Å². The monoisotopic (exact) mass is 381 g/mol. The standard InChI is InChI=1S/C20H20ClN5O/c1-13-17(14(2)25(3)24-13)8-9-27-19-10-16(21)5-6-18(19)15-4-7-20-23-22-12-26(20)11-15/h4-7,10-12H,8-9H2,1-3H3. The van der Waals surface area contributed by atoms with Crippen LogP contribution in [0.5, 0.6) is 5.75 Å². The Morgan fingerprint density at radius 2 is 2.00 bits per heavy atom. The molecule has 0 radical (unpaired) electrons. The maximum absolute atomic E-state index is 6.21. The molecule has 0 unspecified atom stereocenters. The summed E-state index contributed by atoms with van der Waals surface area (Å²) >= 11 is 6.21. The van der Waals surface area contributed by atoms with Crippen molar-refractivity contribution in [2.45, 2.75) is 20.3 Å². The summed E-state index contributed by atoms with van der Waals surface area (Å²) in [5, 5.41) is 13.1. The van der Waals surface area contributed by atoms with Crippen molar-refractivity contribution >= 4 is 17.2 Å². The second-order valence-corrected chi connectivity index (χ2v) is 6.96. The van der Waals surface area contributed by atoms with Crippen LogP contribution in [0, 0.1) is 13.8 Å². The summed E-state index contributed by atoms with van der Waals surface area (Å²) in [7, 11) is 1.96. The van der Waals surface area contributed by atoms with Crippen molar-refractivity contribution in [1.82, 2.24) is 24.4 Å². The summed E-state index contributed by atoms with van der Waals surface area (Å²) in [6.45, 7) is 4.66. The third-order valence-electron chi connectivity index (χ3n) is 4.81. The number of hydrogen-bond donors (Lipinski definition) is 0. The van der Waals surface area contributed by atoms with Crippen molar-refractivity contribution in [3.8, 4) is 16.9 Å².